The Hall–Kier alpha value is -2.89. The van der Waals surface area contributed by atoms with Crippen molar-refractivity contribution in [3.8, 4) is 11.5 Å². The molecule has 0 unspecified atom stereocenters. The first-order chi connectivity index (χ1) is 12.5. The summed E-state index contributed by atoms with van der Waals surface area (Å²) in [7, 11) is 0. The van der Waals surface area contributed by atoms with Crippen molar-refractivity contribution in [2.45, 2.75) is 46.7 Å². The van der Waals surface area contributed by atoms with Gasteiger partial charge in [0.15, 0.2) is 0 Å². The van der Waals surface area contributed by atoms with Crippen LogP contribution in [0.5, 0.6) is 0 Å². The lowest BCUT2D eigenvalue weighted by atomic mass is 10.1. The second-order valence-corrected chi connectivity index (χ2v) is 6.43. The number of carbonyl (C=O) groups excluding carboxylic acids is 1. The Labute approximate surface area is 153 Å². The molecule has 3 aromatic rings. The topological polar surface area (TPSA) is 73.0 Å². The normalized spacial score (nSPS) is 12.2. The molecule has 0 saturated heterocycles. The van der Waals surface area contributed by atoms with Gasteiger partial charge in [0.2, 0.25) is 17.7 Å². The molecule has 2 heterocycles. The monoisotopic (exact) mass is 352 g/mol. The van der Waals surface area contributed by atoms with Gasteiger partial charge in [0.05, 0.1) is 11.6 Å². The van der Waals surface area contributed by atoms with E-state index in [1.807, 2.05) is 68.7 Å². The standard InChI is InChI=1S/C20H24N4O2/c1-5-19-22-23-20(26-19)17-11-13(2)24(15(17)4)12-18(25)21-14(3)16-9-7-6-8-10-16/h6-11,14H,5,12H2,1-4H3,(H,21,25)/t14-/m0/s1. The maximum Gasteiger partial charge on any atom is 0.249 e. The van der Waals surface area contributed by atoms with Gasteiger partial charge in [-0.3, -0.25) is 4.79 Å². The van der Waals surface area contributed by atoms with E-state index in [2.05, 4.69) is 15.5 Å². The average molecular weight is 352 g/mol. The molecule has 0 spiro atoms. The van der Waals surface area contributed by atoms with Gasteiger partial charge in [0, 0.05) is 17.8 Å². The summed E-state index contributed by atoms with van der Waals surface area (Å²) in [6.45, 7) is 8.15. The highest BCUT2D eigenvalue weighted by Crippen LogP contribution is 2.26. The van der Waals surface area contributed by atoms with E-state index < -0.39 is 0 Å². The van der Waals surface area contributed by atoms with Crippen LogP contribution in [-0.2, 0) is 17.8 Å². The largest absolute Gasteiger partial charge is 0.421 e. The van der Waals surface area contributed by atoms with Gasteiger partial charge in [-0.05, 0) is 32.4 Å². The number of nitrogens with zero attached hydrogens (tertiary/aromatic N) is 3. The quantitative estimate of drug-likeness (QED) is 0.736. The molecule has 1 atom stereocenters. The third-order valence-corrected chi connectivity index (χ3v) is 4.55. The van der Waals surface area contributed by atoms with Crippen LogP contribution in [0.15, 0.2) is 40.8 Å². The van der Waals surface area contributed by atoms with Crippen molar-refractivity contribution in [3.63, 3.8) is 0 Å². The summed E-state index contributed by atoms with van der Waals surface area (Å²) in [5.41, 5.74) is 3.88. The van der Waals surface area contributed by atoms with Crippen LogP contribution in [0.25, 0.3) is 11.5 Å². The zero-order chi connectivity index (χ0) is 18.7. The Morgan fingerprint density at radius 1 is 1.23 bits per heavy atom. The van der Waals surface area contributed by atoms with E-state index in [0.717, 1.165) is 22.5 Å². The molecule has 0 aliphatic carbocycles. The molecule has 2 aromatic heterocycles. The molecule has 1 N–H and O–H groups in total. The first kappa shape index (κ1) is 17.9. The second-order valence-electron chi connectivity index (χ2n) is 6.43. The van der Waals surface area contributed by atoms with E-state index in [1.165, 1.54) is 0 Å². The van der Waals surface area contributed by atoms with E-state index >= 15 is 0 Å². The van der Waals surface area contributed by atoms with Crippen LogP contribution >= 0.6 is 0 Å². The fraction of sp³-hybridized carbons (Fsp3) is 0.350. The Kier molecular flexibility index (Phi) is 5.21. The number of hydrogen-bond donors (Lipinski definition) is 1. The minimum absolute atomic E-state index is 0.0329. The molecule has 0 fully saturated rings. The number of aromatic nitrogens is 3. The summed E-state index contributed by atoms with van der Waals surface area (Å²) < 4.78 is 7.63. The molecule has 6 nitrogen and oxygen atoms in total. The maximum atomic E-state index is 12.5. The van der Waals surface area contributed by atoms with Gasteiger partial charge in [0.1, 0.15) is 6.54 Å². The van der Waals surface area contributed by atoms with Crippen molar-refractivity contribution in [1.82, 2.24) is 20.1 Å². The molecular formula is C20H24N4O2. The molecule has 136 valence electrons. The van der Waals surface area contributed by atoms with E-state index in [0.29, 0.717) is 18.2 Å². The predicted octanol–water partition coefficient (Wildman–Crippen LogP) is 3.59. The van der Waals surface area contributed by atoms with Crippen molar-refractivity contribution >= 4 is 5.91 Å². The summed E-state index contributed by atoms with van der Waals surface area (Å²) in [5.74, 6) is 1.08. The molecule has 0 aliphatic rings. The van der Waals surface area contributed by atoms with E-state index in [-0.39, 0.29) is 18.5 Å². The van der Waals surface area contributed by atoms with Gasteiger partial charge in [-0.2, -0.15) is 0 Å². The molecular weight excluding hydrogens is 328 g/mol. The lowest BCUT2D eigenvalue weighted by Gasteiger charge is -2.16. The van der Waals surface area contributed by atoms with Crippen LogP contribution < -0.4 is 5.32 Å². The zero-order valence-electron chi connectivity index (χ0n) is 15.6. The maximum absolute atomic E-state index is 12.5. The molecule has 6 heteroatoms. The van der Waals surface area contributed by atoms with Crippen LogP contribution in [-0.4, -0.2) is 20.7 Å². The van der Waals surface area contributed by atoms with Crippen molar-refractivity contribution in [2.24, 2.45) is 0 Å². The highest BCUT2D eigenvalue weighted by atomic mass is 16.4. The molecule has 0 radical (unpaired) electrons. The fourth-order valence-electron chi connectivity index (χ4n) is 3.02. The first-order valence-electron chi connectivity index (χ1n) is 8.83. The smallest absolute Gasteiger partial charge is 0.249 e. The van der Waals surface area contributed by atoms with Crippen molar-refractivity contribution in [2.75, 3.05) is 0 Å². The van der Waals surface area contributed by atoms with Gasteiger partial charge in [-0.15, -0.1) is 10.2 Å². The summed E-state index contributed by atoms with van der Waals surface area (Å²) in [4.78, 5) is 12.5. The molecule has 1 aromatic carbocycles. The third kappa shape index (κ3) is 3.69. The predicted molar refractivity (Wildman–Crippen MR) is 99.6 cm³/mol. The van der Waals surface area contributed by atoms with Crippen LogP contribution in [0.1, 0.15) is 42.7 Å². The lowest BCUT2D eigenvalue weighted by molar-refractivity contribution is -0.122. The fourth-order valence-corrected chi connectivity index (χ4v) is 3.02. The number of nitrogens with one attached hydrogen (secondary N) is 1. The van der Waals surface area contributed by atoms with Crippen LogP contribution in [0.4, 0.5) is 0 Å². The van der Waals surface area contributed by atoms with E-state index in [1.54, 1.807) is 0 Å². The molecule has 1 amide bonds. The van der Waals surface area contributed by atoms with Crippen LogP contribution in [0.2, 0.25) is 0 Å². The van der Waals surface area contributed by atoms with Crippen LogP contribution in [0.3, 0.4) is 0 Å². The number of carbonyl (C=O) groups is 1. The van der Waals surface area contributed by atoms with Crippen molar-refractivity contribution in [3.05, 3.63) is 59.2 Å². The summed E-state index contributed by atoms with van der Waals surface area (Å²) >= 11 is 0. The lowest BCUT2D eigenvalue weighted by Crippen LogP contribution is -2.30. The van der Waals surface area contributed by atoms with Crippen LogP contribution in [0, 0.1) is 13.8 Å². The summed E-state index contributed by atoms with van der Waals surface area (Å²) in [6, 6.07) is 11.9. The summed E-state index contributed by atoms with van der Waals surface area (Å²) in [5, 5.41) is 11.2. The Morgan fingerprint density at radius 2 is 1.96 bits per heavy atom. The highest BCUT2D eigenvalue weighted by Gasteiger charge is 2.18. The SMILES string of the molecule is CCc1nnc(-c2cc(C)n(CC(=O)N[C@@H](C)c3ccccc3)c2C)o1. The molecule has 0 aliphatic heterocycles. The summed E-state index contributed by atoms with van der Waals surface area (Å²) in [6.07, 6.45) is 0.700. The second kappa shape index (κ2) is 7.56. The van der Waals surface area contributed by atoms with Gasteiger partial charge >= 0.3 is 0 Å². The number of hydrogen-bond acceptors (Lipinski definition) is 4. The van der Waals surface area contributed by atoms with Gasteiger partial charge in [-0.1, -0.05) is 37.3 Å². The molecule has 26 heavy (non-hydrogen) atoms. The Bertz CT molecular complexity index is 896. The van der Waals surface area contributed by atoms with Gasteiger partial charge < -0.3 is 14.3 Å². The Balaban J connectivity index is 1.74. The van der Waals surface area contributed by atoms with Gasteiger partial charge in [0.25, 0.3) is 0 Å². The molecule has 0 saturated carbocycles. The van der Waals surface area contributed by atoms with Crippen molar-refractivity contribution < 1.29 is 9.21 Å². The minimum Gasteiger partial charge on any atom is -0.421 e. The van der Waals surface area contributed by atoms with E-state index in [9.17, 15) is 4.79 Å². The average Bonchev–Trinajstić information content (AvgIpc) is 3.22. The zero-order valence-corrected chi connectivity index (χ0v) is 15.6. The van der Waals surface area contributed by atoms with Crippen molar-refractivity contribution in [1.29, 1.82) is 0 Å². The minimum atomic E-state index is -0.0394. The number of benzene rings is 1. The molecule has 3 rings (SSSR count). The number of amides is 1. The number of rotatable bonds is 6. The third-order valence-electron chi connectivity index (χ3n) is 4.55. The molecule has 0 bridgehead atoms. The van der Waals surface area contributed by atoms with E-state index in [4.69, 9.17) is 4.42 Å². The Morgan fingerprint density at radius 3 is 2.62 bits per heavy atom. The number of aryl methyl sites for hydroxylation is 2. The van der Waals surface area contributed by atoms with Gasteiger partial charge in [-0.25, -0.2) is 0 Å². The highest BCUT2D eigenvalue weighted by molar-refractivity contribution is 5.77. The first-order valence-corrected chi connectivity index (χ1v) is 8.83.